The Kier molecular flexibility index (Phi) is 3.22. The van der Waals surface area contributed by atoms with Crippen molar-refractivity contribution >= 4 is 5.71 Å². The van der Waals surface area contributed by atoms with E-state index < -0.39 is 0 Å². The molecule has 1 N–H and O–H groups in total. The van der Waals surface area contributed by atoms with Gasteiger partial charge in [-0.15, -0.1) is 0 Å². The second-order valence-electron chi connectivity index (χ2n) is 2.30. The molecule has 58 valence electrons. The fraction of sp³-hybridized carbons (Fsp3) is 0.857. The van der Waals surface area contributed by atoms with Crippen molar-refractivity contribution in [2.45, 2.75) is 19.8 Å². The van der Waals surface area contributed by atoms with E-state index >= 15 is 0 Å². The second kappa shape index (κ2) is 4.28. The van der Waals surface area contributed by atoms with E-state index in [1.807, 2.05) is 6.92 Å². The normalized spacial score (nSPS) is 18.7. The third-order valence-corrected chi connectivity index (χ3v) is 1.47. The molecule has 0 unspecified atom stereocenters. The molecule has 0 spiro atoms. The topological polar surface area (TPSA) is 33.6 Å². The predicted molar refractivity (Wildman–Crippen MR) is 41.2 cm³/mol. The molecular weight excluding hydrogens is 128 g/mol. The first-order chi connectivity index (χ1) is 4.93. The summed E-state index contributed by atoms with van der Waals surface area (Å²) in [6.45, 7) is 4.63. The van der Waals surface area contributed by atoms with Crippen LogP contribution in [0.1, 0.15) is 19.8 Å². The average Bonchev–Trinajstić information content (AvgIpc) is 2.03. The summed E-state index contributed by atoms with van der Waals surface area (Å²) in [6, 6.07) is 0. The van der Waals surface area contributed by atoms with Crippen molar-refractivity contribution < 1.29 is 4.74 Å². The Morgan fingerprint density at radius 2 is 2.20 bits per heavy atom. The van der Waals surface area contributed by atoms with Crippen LogP contribution in [0.5, 0.6) is 0 Å². The summed E-state index contributed by atoms with van der Waals surface area (Å²) in [4.78, 5) is 0. The van der Waals surface area contributed by atoms with Gasteiger partial charge in [-0.25, -0.2) is 0 Å². The van der Waals surface area contributed by atoms with Crippen LogP contribution in [-0.4, -0.2) is 25.5 Å². The van der Waals surface area contributed by atoms with Crippen molar-refractivity contribution in [3.63, 3.8) is 0 Å². The summed E-state index contributed by atoms with van der Waals surface area (Å²) in [5, 5.41) is 4.19. The van der Waals surface area contributed by atoms with Crippen molar-refractivity contribution in [1.82, 2.24) is 5.43 Å². The van der Waals surface area contributed by atoms with Gasteiger partial charge in [-0.1, -0.05) is 0 Å². The highest BCUT2D eigenvalue weighted by molar-refractivity contribution is 5.84. The maximum absolute atomic E-state index is 5.17. The lowest BCUT2D eigenvalue weighted by Crippen LogP contribution is -2.18. The Labute approximate surface area is 61.5 Å². The number of nitrogens with one attached hydrogen (secondary N) is 1. The highest BCUT2D eigenvalue weighted by Gasteiger charge is 2.05. The molecule has 0 radical (unpaired) electrons. The molecule has 0 atom stereocenters. The van der Waals surface area contributed by atoms with Gasteiger partial charge in [-0.3, -0.25) is 0 Å². The maximum Gasteiger partial charge on any atom is 0.0519 e. The quantitative estimate of drug-likeness (QED) is 0.577. The van der Waals surface area contributed by atoms with Gasteiger partial charge in [0.25, 0.3) is 0 Å². The van der Waals surface area contributed by atoms with Gasteiger partial charge in [0.1, 0.15) is 0 Å². The number of rotatable bonds is 2. The zero-order valence-electron chi connectivity index (χ0n) is 6.39. The summed E-state index contributed by atoms with van der Waals surface area (Å²) in [7, 11) is 0. The Hall–Kier alpha value is -0.570. The minimum absolute atomic E-state index is 0.838. The number of nitrogens with zero attached hydrogens (tertiary/aromatic N) is 1. The van der Waals surface area contributed by atoms with Crippen LogP contribution < -0.4 is 5.43 Å². The molecule has 0 aliphatic carbocycles. The molecule has 1 aliphatic rings. The predicted octanol–water partition coefficient (Wildman–Crippen LogP) is 0.762. The third kappa shape index (κ3) is 2.35. The van der Waals surface area contributed by atoms with Crippen LogP contribution in [-0.2, 0) is 4.74 Å². The molecule has 3 nitrogen and oxygen atoms in total. The van der Waals surface area contributed by atoms with Crippen molar-refractivity contribution in [2.75, 3.05) is 19.8 Å². The Morgan fingerprint density at radius 1 is 1.50 bits per heavy atom. The highest BCUT2D eigenvalue weighted by atomic mass is 16.5. The number of ether oxygens (including phenoxy) is 1. The first-order valence-corrected chi connectivity index (χ1v) is 3.79. The molecule has 0 aromatic heterocycles. The molecular formula is C7H14N2O. The van der Waals surface area contributed by atoms with E-state index in [-0.39, 0.29) is 0 Å². The molecule has 10 heavy (non-hydrogen) atoms. The van der Waals surface area contributed by atoms with E-state index in [0.717, 1.165) is 32.6 Å². The van der Waals surface area contributed by atoms with Crippen LogP contribution in [0, 0.1) is 0 Å². The minimum Gasteiger partial charge on any atom is -0.381 e. The van der Waals surface area contributed by atoms with E-state index in [2.05, 4.69) is 10.5 Å². The minimum atomic E-state index is 0.838. The molecule has 0 aromatic carbocycles. The monoisotopic (exact) mass is 142 g/mol. The summed E-state index contributed by atoms with van der Waals surface area (Å²) in [6.07, 6.45) is 1.99. The van der Waals surface area contributed by atoms with Crippen molar-refractivity contribution in [3.05, 3.63) is 0 Å². The van der Waals surface area contributed by atoms with Gasteiger partial charge in [0.2, 0.25) is 0 Å². The van der Waals surface area contributed by atoms with E-state index in [0.29, 0.717) is 0 Å². The summed E-state index contributed by atoms with van der Waals surface area (Å²) in [5.74, 6) is 0. The van der Waals surface area contributed by atoms with Crippen molar-refractivity contribution in [2.24, 2.45) is 5.10 Å². The van der Waals surface area contributed by atoms with Gasteiger partial charge in [0, 0.05) is 25.1 Å². The van der Waals surface area contributed by atoms with Gasteiger partial charge in [-0.2, -0.15) is 5.10 Å². The van der Waals surface area contributed by atoms with E-state index in [9.17, 15) is 0 Å². The van der Waals surface area contributed by atoms with Gasteiger partial charge >= 0.3 is 0 Å². The summed E-state index contributed by atoms with van der Waals surface area (Å²) < 4.78 is 5.17. The van der Waals surface area contributed by atoms with E-state index in [4.69, 9.17) is 4.74 Å². The Bertz CT molecular complexity index is 115. The van der Waals surface area contributed by atoms with Crippen LogP contribution in [0.4, 0.5) is 0 Å². The SMILES string of the molecule is CCNN=C1CCOCC1. The third-order valence-electron chi connectivity index (χ3n) is 1.47. The van der Waals surface area contributed by atoms with Gasteiger partial charge < -0.3 is 10.2 Å². The standard InChI is InChI=1S/C7H14N2O/c1-2-8-9-7-3-5-10-6-4-7/h8H,2-6H2,1H3. The van der Waals surface area contributed by atoms with Crippen molar-refractivity contribution in [1.29, 1.82) is 0 Å². The molecule has 0 saturated carbocycles. The molecule has 3 heteroatoms. The van der Waals surface area contributed by atoms with Crippen molar-refractivity contribution in [3.8, 4) is 0 Å². The van der Waals surface area contributed by atoms with E-state index in [1.165, 1.54) is 5.71 Å². The summed E-state index contributed by atoms with van der Waals surface area (Å²) in [5.41, 5.74) is 4.19. The van der Waals surface area contributed by atoms with Crippen LogP contribution >= 0.6 is 0 Å². The molecule has 1 saturated heterocycles. The molecule has 1 heterocycles. The van der Waals surface area contributed by atoms with E-state index in [1.54, 1.807) is 0 Å². The fourth-order valence-corrected chi connectivity index (χ4v) is 0.910. The average molecular weight is 142 g/mol. The first kappa shape index (κ1) is 7.54. The molecule has 0 bridgehead atoms. The molecule has 0 aromatic rings. The zero-order valence-corrected chi connectivity index (χ0v) is 6.39. The van der Waals surface area contributed by atoms with Gasteiger partial charge in [0.05, 0.1) is 13.2 Å². The largest absolute Gasteiger partial charge is 0.381 e. The molecule has 1 aliphatic heterocycles. The lowest BCUT2D eigenvalue weighted by Gasteiger charge is -2.12. The summed E-state index contributed by atoms with van der Waals surface area (Å²) >= 11 is 0. The maximum atomic E-state index is 5.17. The zero-order chi connectivity index (χ0) is 7.23. The second-order valence-corrected chi connectivity index (χ2v) is 2.30. The fourth-order valence-electron chi connectivity index (χ4n) is 0.910. The Balaban J connectivity index is 2.23. The van der Waals surface area contributed by atoms with Crippen LogP contribution in [0.3, 0.4) is 0 Å². The smallest absolute Gasteiger partial charge is 0.0519 e. The molecule has 1 fully saturated rings. The van der Waals surface area contributed by atoms with Gasteiger partial charge in [-0.05, 0) is 6.92 Å². The number of hydrogen-bond acceptors (Lipinski definition) is 3. The molecule has 0 amide bonds. The number of hydrogen-bond donors (Lipinski definition) is 1. The lowest BCUT2D eigenvalue weighted by atomic mass is 10.2. The van der Waals surface area contributed by atoms with Crippen LogP contribution in [0.2, 0.25) is 0 Å². The first-order valence-electron chi connectivity index (χ1n) is 3.79. The molecule has 1 rings (SSSR count). The van der Waals surface area contributed by atoms with Crippen LogP contribution in [0.15, 0.2) is 5.10 Å². The number of hydrazone groups is 1. The Morgan fingerprint density at radius 3 is 2.80 bits per heavy atom. The van der Waals surface area contributed by atoms with Crippen LogP contribution in [0.25, 0.3) is 0 Å². The lowest BCUT2D eigenvalue weighted by molar-refractivity contribution is 0.134. The van der Waals surface area contributed by atoms with Gasteiger partial charge in [0.15, 0.2) is 0 Å². The highest BCUT2D eigenvalue weighted by Crippen LogP contribution is 2.01.